The first-order chi connectivity index (χ1) is 9.63. The maximum absolute atomic E-state index is 12.1. The average Bonchev–Trinajstić information content (AvgIpc) is 2.86. The smallest absolute Gasteiger partial charge is 0.249 e. The Hall–Kier alpha value is -2.94. The lowest BCUT2D eigenvalue weighted by Crippen LogP contribution is -2.29. The highest BCUT2D eigenvalue weighted by molar-refractivity contribution is 6.15. The molecule has 1 aromatic carbocycles. The van der Waals surface area contributed by atoms with E-state index in [2.05, 4.69) is 10.3 Å². The van der Waals surface area contributed by atoms with Crippen LogP contribution in [-0.2, 0) is 4.79 Å². The van der Waals surface area contributed by atoms with E-state index in [-0.39, 0.29) is 11.5 Å². The van der Waals surface area contributed by atoms with Crippen LogP contribution in [-0.4, -0.2) is 16.7 Å². The summed E-state index contributed by atoms with van der Waals surface area (Å²) in [4.78, 5) is 27.8. The molecule has 6 nitrogen and oxygen atoms in total. The number of nitriles is 1. The number of aryl methyl sites for hydroxylation is 1. The van der Waals surface area contributed by atoms with Crippen LogP contribution in [0.1, 0.15) is 16.2 Å². The van der Waals surface area contributed by atoms with Crippen LogP contribution in [0.15, 0.2) is 41.1 Å². The Morgan fingerprint density at radius 1 is 1.35 bits per heavy atom. The number of amides is 1. The molecule has 2 rings (SSSR count). The zero-order chi connectivity index (χ0) is 14.5. The minimum absolute atomic E-state index is 0.000221. The zero-order valence-electron chi connectivity index (χ0n) is 10.7. The molecular weight excluding hydrogens is 258 g/mol. The largest absolute Gasteiger partial charge is 0.448 e. The Bertz CT molecular complexity index is 670. The number of para-hydroxylation sites is 1. The number of ketones is 1. The highest BCUT2D eigenvalue weighted by Crippen LogP contribution is 2.14. The summed E-state index contributed by atoms with van der Waals surface area (Å²) >= 11 is 0. The van der Waals surface area contributed by atoms with E-state index < -0.39 is 17.6 Å². The molecule has 2 aromatic rings. The first-order valence-electron chi connectivity index (χ1n) is 5.83. The van der Waals surface area contributed by atoms with Crippen molar-refractivity contribution in [1.29, 1.82) is 5.26 Å². The van der Waals surface area contributed by atoms with Crippen LogP contribution in [0.4, 0.5) is 5.69 Å². The van der Waals surface area contributed by atoms with E-state index in [0.717, 1.165) is 6.39 Å². The van der Waals surface area contributed by atoms with Crippen LogP contribution in [0.25, 0.3) is 0 Å². The number of carbonyl (C=O) groups is 2. The monoisotopic (exact) mass is 269 g/mol. The number of benzene rings is 1. The first kappa shape index (κ1) is 13.5. The Morgan fingerprint density at radius 3 is 2.60 bits per heavy atom. The molecule has 100 valence electrons. The molecule has 0 aliphatic heterocycles. The van der Waals surface area contributed by atoms with Gasteiger partial charge in [0.2, 0.25) is 11.7 Å². The summed E-state index contributed by atoms with van der Waals surface area (Å²) in [6, 6.07) is 10.3. The minimum Gasteiger partial charge on any atom is -0.448 e. The molecule has 6 heteroatoms. The second-order valence-electron chi connectivity index (χ2n) is 4.04. The summed E-state index contributed by atoms with van der Waals surface area (Å²) in [5.41, 5.74) is 0.516. The number of anilines is 1. The molecule has 0 fully saturated rings. The standard InChI is InChI=1S/C14H11N3O3/c1-9-12(16-8-20-9)13(18)11(7-15)14(19)17-10-5-3-2-4-6-10/h2-6,8,11H,1H3,(H,17,19). The summed E-state index contributed by atoms with van der Waals surface area (Å²) < 4.78 is 4.91. The number of aromatic nitrogens is 1. The summed E-state index contributed by atoms with van der Waals surface area (Å²) in [6.07, 6.45) is 1.10. The summed E-state index contributed by atoms with van der Waals surface area (Å²) in [7, 11) is 0. The van der Waals surface area contributed by atoms with Gasteiger partial charge in [-0.3, -0.25) is 9.59 Å². The third-order valence-electron chi connectivity index (χ3n) is 2.67. The highest BCUT2D eigenvalue weighted by Gasteiger charge is 2.30. The molecule has 1 unspecified atom stereocenters. The number of carbonyl (C=O) groups excluding carboxylic acids is 2. The Balaban J connectivity index is 2.17. The van der Waals surface area contributed by atoms with Gasteiger partial charge in [0.05, 0.1) is 6.07 Å². The van der Waals surface area contributed by atoms with Crippen molar-refractivity contribution in [1.82, 2.24) is 4.98 Å². The van der Waals surface area contributed by atoms with Crippen molar-refractivity contribution in [3.63, 3.8) is 0 Å². The number of oxazole rings is 1. The predicted molar refractivity (Wildman–Crippen MR) is 69.7 cm³/mol. The van der Waals surface area contributed by atoms with Crippen LogP contribution in [0.3, 0.4) is 0 Å². The third-order valence-corrected chi connectivity index (χ3v) is 2.67. The number of nitrogens with one attached hydrogen (secondary N) is 1. The maximum atomic E-state index is 12.1. The molecule has 0 bridgehead atoms. The Kier molecular flexibility index (Phi) is 3.91. The molecule has 1 aromatic heterocycles. The molecule has 1 heterocycles. The minimum atomic E-state index is -1.46. The molecular formula is C14H11N3O3. The fourth-order valence-corrected chi connectivity index (χ4v) is 1.65. The van der Waals surface area contributed by atoms with Crippen molar-refractivity contribution >= 4 is 17.4 Å². The molecule has 0 spiro atoms. The second kappa shape index (κ2) is 5.80. The van der Waals surface area contributed by atoms with Gasteiger partial charge in [0.15, 0.2) is 12.3 Å². The van der Waals surface area contributed by atoms with E-state index >= 15 is 0 Å². The van der Waals surface area contributed by atoms with Gasteiger partial charge in [0.1, 0.15) is 11.5 Å². The van der Waals surface area contributed by atoms with Crippen LogP contribution in [0, 0.1) is 24.2 Å². The van der Waals surface area contributed by atoms with Crippen molar-refractivity contribution in [2.45, 2.75) is 6.92 Å². The van der Waals surface area contributed by atoms with Crippen LogP contribution in [0.2, 0.25) is 0 Å². The fraction of sp³-hybridized carbons (Fsp3) is 0.143. The van der Waals surface area contributed by atoms with Gasteiger partial charge >= 0.3 is 0 Å². The zero-order valence-corrected chi connectivity index (χ0v) is 10.7. The van der Waals surface area contributed by atoms with Gasteiger partial charge < -0.3 is 9.73 Å². The van der Waals surface area contributed by atoms with E-state index in [1.54, 1.807) is 43.3 Å². The Labute approximate surface area is 115 Å². The summed E-state index contributed by atoms with van der Waals surface area (Å²) in [6.45, 7) is 1.55. The van der Waals surface area contributed by atoms with Crippen molar-refractivity contribution in [3.05, 3.63) is 48.2 Å². The van der Waals surface area contributed by atoms with E-state index in [9.17, 15) is 9.59 Å². The molecule has 1 N–H and O–H groups in total. The van der Waals surface area contributed by atoms with Crippen LogP contribution >= 0.6 is 0 Å². The van der Waals surface area contributed by atoms with Gasteiger partial charge in [-0.15, -0.1) is 0 Å². The molecule has 0 radical (unpaired) electrons. The van der Waals surface area contributed by atoms with E-state index in [1.165, 1.54) is 0 Å². The van der Waals surface area contributed by atoms with Gasteiger partial charge in [-0.05, 0) is 19.1 Å². The number of nitrogens with zero attached hydrogens (tertiary/aromatic N) is 2. The van der Waals surface area contributed by atoms with Gasteiger partial charge in [-0.25, -0.2) is 4.98 Å². The maximum Gasteiger partial charge on any atom is 0.249 e. The second-order valence-corrected chi connectivity index (χ2v) is 4.04. The number of hydrogen-bond acceptors (Lipinski definition) is 5. The normalized spacial score (nSPS) is 11.4. The van der Waals surface area contributed by atoms with Crippen LogP contribution in [0.5, 0.6) is 0 Å². The lowest BCUT2D eigenvalue weighted by Gasteiger charge is -2.08. The molecule has 1 amide bonds. The lowest BCUT2D eigenvalue weighted by atomic mass is 10.0. The van der Waals surface area contributed by atoms with Crippen LogP contribution < -0.4 is 5.32 Å². The number of rotatable bonds is 4. The predicted octanol–water partition coefficient (Wildman–Crippen LogP) is 1.94. The van der Waals surface area contributed by atoms with E-state index in [0.29, 0.717) is 5.69 Å². The van der Waals surface area contributed by atoms with Gasteiger partial charge in [-0.1, -0.05) is 18.2 Å². The van der Waals surface area contributed by atoms with Gasteiger partial charge in [0, 0.05) is 5.69 Å². The molecule has 0 aliphatic rings. The van der Waals surface area contributed by atoms with E-state index in [4.69, 9.17) is 9.68 Å². The summed E-state index contributed by atoms with van der Waals surface area (Å²) in [5.74, 6) is -2.54. The topological polar surface area (TPSA) is 96.0 Å². The lowest BCUT2D eigenvalue weighted by molar-refractivity contribution is -0.117. The molecule has 0 saturated heterocycles. The average molecular weight is 269 g/mol. The SMILES string of the molecule is Cc1ocnc1C(=O)C(C#N)C(=O)Nc1ccccc1. The number of hydrogen-bond donors (Lipinski definition) is 1. The van der Waals surface area contributed by atoms with Crippen molar-refractivity contribution in [3.8, 4) is 6.07 Å². The molecule has 1 atom stereocenters. The number of Topliss-reactive ketones (excluding diaryl/α,β-unsaturated/α-hetero) is 1. The first-order valence-corrected chi connectivity index (χ1v) is 5.83. The van der Waals surface area contributed by atoms with Crippen molar-refractivity contribution in [2.75, 3.05) is 5.32 Å². The van der Waals surface area contributed by atoms with Crippen molar-refractivity contribution < 1.29 is 14.0 Å². The van der Waals surface area contributed by atoms with Gasteiger partial charge in [-0.2, -0.15) is 5.26 Å². The van der Waals surface area contributed by atoms with Crippen molar-refractivity contribution in [2.24, 2.45) is 5.92 Å². The highest BCUT2D eigenvalue weighted by atomic mass is 16.3. The fourth-order valence-electron chi connectivity index (χ4n) is 1.65. The van der Waals surface area contributed by atoms with E-state index in [1.807, 2.05) is 0 Å². The van der Waals surface area contributed by atoms with Gasteiger partial charge in [0.25, 0.3) is 0 Å². The Morgan fingerprint density at radius 2 is 2.05 bits per heavy atom. The third kappa shape index (κ3) is 2.72. The molecule has 0 aliphatic carbocycles. The molecule has 20 heavy (non-hydrogen) atoms. The summed E-state index contributed by atoms with van der Waals surface area (Å²) in [5, 5.41) is 11.6. The quantitative estimate of drug-likeness (QED) is 0.676. The molecule has 0 saturated carbocycles.